The molecule has 12 heteroatoms. The normalized spacial score (nSPS) is 17.0. The fourth-order valence-electron chi connectivity index (χ4n) is 3.23. The minimum Gasteiger partial charge on any atom is -0.494 e. The molecule has 0 amide bonds. The van der Waals surface area contributed by atoms with Crippen LogP contribution in [-0.2, 0) is 20.2 Å². The monoisotopic (exact) mass is 424 g/mol. The largest absolute Gasteiger partial charge is 0.494 e. The molecule has 1 aliphatic rings. The minimum atomic E-state index is -4.65. The summed E-state index contributed by atoms with van der Waals surface area (Å²) in [5.74, 6) is -0.443. The van der Waals surface area contributed by atoms with Crippen LogP contribution in [0.3, 0.4) is 0 Å². The van der Waals surface area contributed by atoms with Gasteiger partial charge in [0, 0.05) is 16.5 Å². The topological polar surface area (TPSA) is 177 Å². The number of rotatable bonds is 3. The lowest BCUT2D eigenvalue weighted by Crippen LogP contribution is -2.12. The maximum absolute atomic E-state index is 11.6. The van der Waals surface area contributed by atoms with E-state index in [0.29, 0.717) is 5.52 Å². The third-order valence-corrected chi connectivity index (χ3v) is 6.16. The Kier molecular flexibility index (Phi) is 3.89. The van der Waals surface area contributed by atoms with Gasteiger partial charge in [-0.25, -0.2) is 4.99 Å². The molecule has 10 nitrogen and oxygen atoms in total. The lowest BCUT2D eigenvalue weighted by Gasteiger charge is -2.11. The van der Waals surface area contributed by atoms with E-state index >= 15 is 0 Å². The maximum Gasteiger partial charge on any atom is 0.294 e. The highest BCUT2D eigenvalue weighted by molar-refractivity contribution is 7.86. The van der Waals surface area contributed by atoms with Gasteiger partial charge in [0.05, 0.1) is 21.9 Å². The first-order valence-electron chi connectivity index (χ1n) is 7.68. The molecule has 1 aromatic heterocycles. The second kappa shape index (κ2) is 5.86. The van der Waals surface area contributed by atoms with Crippen molar-refractivity contribution in [3.05, 3.63) is 47.5 Å². The summed E-state index contributed by atoms with van der Waals surface area (Å²) in [6.45, 7) is 0. The van der Waals surface area contributed by atoms with Crippen molar-refractivity contribution in [2.45, 2.75) is 15.9 Å². The molecule has 0 aliphatic carbocycles. The van der Waals surface area contributed by atoms with Crippen molar-refractivity contribution >= 4 is 42.5 Å². The number of aromatic nitrogens is 1. The van der Waals surface area contributed by atoms with Crippen LogP contribution in [0.2, 0.25) is 0 Å². The molecule has 0 radical (unpaired) electrons. The third kappa shape index (κ3) is 2.78. The number of fused-ring (bicyclic) bond motifs is 2. The van der Waals surface area contributed by atoms with E-state index in [1.807, 2.05) is 0 Å². The molecule has 28 heavy (non-hydrogen) atoms. The number of aromatic amines is 1. The van der Waals surface area contributed by atoms with Crippen molar-refractivity contribution in [3.8, 4) is 5.88 Å². The molecule has 1 aliphatic heterocycles. The van der Waals surface area contributed by atoms with E-state index in [9.17, 15) is 36.2 Å². The first-order chi connectivity index (χ1) is 13.0. The van der Waals surface area contributed by atoms with Crippen molar-refractivity contribution in [2.75, 3.05) is 0 Å². The highest BCUT2D eigenvalue weighted by Crippen LogP contribution is 2.43. The van der Waals surface area contributed by atoms with E-state index in [0.717, 1.165) is 18.2 Å². The Morgan fingerprint density at radius 3 is 2.36 bits per heavy atom. The first-order valence-corrected chi connectivity index (χ1v) is 10.6. The number of nitrogens with zero attached hydrogens (tertiary/aromatic N) is 1. The number of aliphatic hydroxyl groups is 1. The number of nitrogens with one attached hydrogen (secondary N) is 1. The summed E-state index contributed by atoms with van der Waals surface area (Å²) in [5.41, 5.74) is -0.0226. The van der Waals surface area contributed by atoms with E-state index in [1.165, 1.54) is 18.2 Å². The Labute approximate surface area is 158 Å². The van der Waals surface area contributed by atoms with Crippen LogP contribution < -0.4 is 0 Å². The average molecular weight is 424 g/mol. The van der Waals surface area contributed by atoms with Gasteiger partial charge >= 0.3 is 0 Å². The zero-order valence-electron chi connectivity index (χ0n) is 13.7. The van der Waals surface area contributed by atoms with Gasteiger partial charge in [0.1, 0.15) is 11.0 Å². The number of aliphatic hydroxyl groups excluding tert-OH is 1. The molecule has 146 valence electrons. The summed E-state index contributed by atoms with van der Waals surface area (Å²) in [6.07, 6.45) is -1.62. The van der Waals surface area contributed by atoms with Gasteiger partial charge in [-0.3, -0.25) is 9.11 Å². The molecule has 2 aromatic carbocycles. The molecule has 1 atom stereocenters. The predicted molar refractivity (Wildman–Crippen MR) is 97.2 cm³/mol. The molecule has 0 saturated carbocycles. The van der Waals surface area contributed by atoms with E-state index in [1.54, 1.807) is 0 Å². The van der Waals surface area contributed by atoms with Gasteiger partial charge in [-0.05, 0) is 30.3 Å². The fourth-order valence-corrected chi connectivity index (χ4v) is 4.48. The summed E-state index contributed by atoms with van der Waals surface area (Å²) >= 11 is 0. The van der Waals surface area contributed by atoms with Gasteiger partial charge in [0.25, 0.3) is 20.2 Å². The second-order valence-corrected chi connectivity index (χ2v) is 8.91. The molecular weight excluding hydrogens is 412 g/mol. The van der Waals surface area contributed by atoms with Crippen molar-refractivity contribution in [2.24, 2.45) is 4.99 Å². The van der Waals surface area contributed by atoms with E-state index in [4.69, 9.17) is 0 Å². The predicted octanol–water partition coefficient (Wildman–Crippen LogP) is 1.53. The molecule has 0 spiro atoms. The van der Waals surface area contributed by atoms with E-state index in [-0.39, 0.29) is 27.9 Å². The Bertz CT molecular complexity index is 1390. The van der Waals surface area contributed by atoms with E-state index < -0.39 is 42.0 Å². The highest BCUT2D eigenvalue weighted by Gasteiger charge is 2.35. The Morgan fingerprint density at radius 1 is 1.00 bits per heavy atom. The molecule has 5 N–H and O–H groups in total. The van der Waals surface area contributed by atoms with Gasteiger partial charge in [-0.1, -0.05) is 6.07 Å². The first kappa shape index (κ1) is 18.6. The maximum atomic E-state index is 11.6. The highest BCUT2D eigenvalue weighted by atomic mass is 32.2. The Balaban J connectivity index is 1.96. The van der Waals surface area contributed by atoms with Crippen molar-refractivity contribution < 1.29 is 36.2 Å². The number of H-pyrrole nitrogens is 1. The van der Waals surface area contributed by atoms with Crippen LogP contribution in [0.1, 0.15) is 17.2 Å². The SMILES string of the molecule is O=S(=O)(O)c1ccc2[nH]c(O)c(C3=Nc4cccc(S(=O)(=O)O)c4C3O)c2c1. The molecule has 0 fully saturated rings. The van der Waals surface area contributed by atoms with Gasteiger partial charge in [-0.15, -0.1) is 0 Å². The summed E-state index contributed by atoms with van der Waals surface area (Å²) in [6, 6.07) is 7.34. The summed E-state index contributed by atoms with van der Waals surface area (Å²) in [5, 5.41) is 21.1. The third-order valence-electron chi connectivity index (χ3n) is 4.40. The molecule has 1 unspecified atom stereocenters. The second-order valence-electron chi connectivity index (χ2n) is 6.09. The lowest BCUT2D eigenvalue weighted by atomic mass is 10.0. The Hall–Kier alpha value is -2.77. The Morgan fingerprint density at radius 2 is 1.71 bits per heavy atom. The van der Waals surface area contributed by atoms with Crippen LogP contribution in [0, 0.1) is 0 Å². The molecule has 0 bridgehead atoms. The van der Waals surface area contributed by atoms with Gasteiger partial charge in [-0.2, -0.15) is 16.8 Å². The van der Waals surface area contributed by atoms with Crippen LogP contribution in [-0.4, -0.2) is 46.8 Å². The summed E-state index contributed by atoms with van der Waals surface area (Å²) < 4.78 is 64.7. The standard InChI is InChI=1S/C16H12N2O8S2/c19-15-13-10(2-1-3-11(13)28(24,25)26)17-14(15)12-8-6-7(27(21,22)23)4-5-9(8)18-16(12)20/h1-6,15,18-20H,(H,21,22,23)(H,24,25,26). The van der Waals surface area contributed by atoms with Crippen LogP contribution in [0.4, 0.5) is 5.69 Å². The average Bonchev–Trinajstić information content (AvgIpc) is 3.08. The minimum absolute atomic E-state index is 0.0644. The molecule has 3 aromatic rings. The number of hydrogen-bond acceptors (Lipinski definition) is 7. The van der Waals surface area contributed by atoms with Gasteiger partial charge in [0.15, 0.2) is 5.88 Å². The number of aromatic hydroxyl groups is 1. The lowest BCUT2D eigenvalue weighted by molar-refractivity contribution is 0.248. The number of hydrogen-bond donors (Lipinski definition) is 5. The van der Waals surface area contributed by atoms with E-state index in [2.05, 4.69) is 9.98 Å². The van der Waals surface area contributed by atoms with Crippen LogP contribution in [0.15, 0.2) is 51.2 Å². The summed E-state index contributed by atoms with van der Waals surface area (Å²) in [7, 11) is -9.18. The van der Waals surface area contributed by atoms with Crippen LogP contribution >= 0.6 is 0 Å². The molecule has 4 rings (SSSR count). The number of benzene rings is 2. The molecular formula is C16H12N2O8S2. The van der Waals surface area contributed by atoms with Crippen LogP contribution in [0.5, 0.6) is 5.88 Å². The summed E-state index contributed by atoms with van der Waals surface area (Å²) in [4.78, 5) is 5.77. The van der Waals surface area contributed by atoms with Crippen molar-refractivity contribution in [3.63, 3.8) is 0 Å². The fraction of sp³-hybridized carbons (Fsp3) is 0.0625. The zero-order valence-corrected chi connectivity index (χ0v) is 15.4. The molecule has 2 heterocycles. The van der Waals surface area contributed by atoms with Gasteiger partial charge in [0.2, 0.25) is 0 Å². The smallest absolute Gasteiger partial charge is 0.294 e. The quantitative estimate of drug-likeness (QED) is 0.393. The van der Waals surface area contributed by atoms with Crippen LogP contribution in [0.25, 0.3) is 10.9 Å². The van der Waals surface area contributed by atoms with Crippen molar-refractivity contribution in [1.29, 1.82) is 0 Å². The zero-order chi connectivity index (χ0) is 20.4. The number of aliphatic imine (C=N–C) groups is 1. The van der Waals surface area contributed by atoms with Crippen molar-refractivity contribution in [1.82, 2.24) is 4.98 Å². The van der Waals surface area contributed by atoms with Gasteiger partial charge < -0.3 is 15.2 Å². The molecule has 0 saturated heterocycles.